The summed E-state index contributed by atoms with van der Waals surface area (Å²) in [6, 6.07) is 0.333. The molecule has 0 saturated carbocycles. The van der Waals surface area contributed by atoms with Crippen molar-refractivity contribution in [1.29, 1.82) is 0 Å². The zero-order valence-electron chi connectivity index (χ0n) is 14.5. The van der Waals surface area contributed by atoms with E-state index in [1.54, 1.807) is 7.11 Å². The molecule has 0 aliphatic carbocycles. The van der Waals surface area contributed by atoms with Gasteiger partial charge in [-0.3, -0.25) is 4.79 Å². The quantitative estimate of drug-likeness (QED) is 0.775. The molecule has 0 atom stereocenters. The monoisotopic (exact) mass is 311 g/mol. The molecule has 0 radical (unpaired) electrons. The van der Waals surface area contributed by atoms with E-state index in [1.165, 1.54) is 6.54 Å². The predicted molar refractivity (Wildman–Crippen MR) is 88.9 cm³/mol. The number of hydrogen-bond donors (Lipinski definition) is 2. The lowest BCUT2D eigenvalue weighted by Crippen LogP contribution is -2.54. The van der Waals surface area contributed by atoms with E-state index in [-0.39, 0.29) is 11.3 Å². The Labute approximate surface area is 135 Å². The van der Waals surface area contributed by atoms with Gasteiger partial charge in [-0.05, 0) is 44.7 Å². The molecule has 2 N–H and O–H groups in total. The second-order valence-corrected chi connectivity index (χ2v) is 7.41. The van der Waals surface area contributed by atoms with E-state index in [4.69, 9.17) is 4.74 Å². The predicted octanol–water partition coefficient (Wildman–Crippen LogP) is 1.24. The number of likely N-dealkylation sites (tertiary alicyclic amines) is 1. The van der Waals surface area contributed by atoms with E-state index >= 15 is 0 Å². The van der Waals surface area contributed by atoms with Crippen LogP contribution < -0.4 is 10.6 Å². The average molecular weight is 311 g/mol. The molecule has 0 aromatic carbocycles. The SMILES string of the molecule is COCC1(C(=O)NC2CCN(CC(C)C)CC2)CCNCC1. The summed E-state index contributed by atoms with van der Waals surface area (Å²) in [5.74, 6) is 0.920. The lowest BCUT2D eigenvalue weighted by Gasteiger charge is -2.39. The van der Waals surface area contributed by atoms with Crippen molar-refractivity contribution in [2.24, 2.45) is 11.3 Å². The molecule has 0 unspecified atom stereocenters. The molecule has 5 heteroatoms. The number of nitrogens with zero attached hydrogens (tertiary/aromatic N) is 1. The molecular formula is C17H33N3O2. The van der Waals surface area contributed by atoms with Crippen LogP contribution in [0, 0.1) is 11.3 Å². The van der Waals surface area contributed by atoms with Crippen molar-refractivity contribution < 1.29 is 9.53 Å². The molecule has 2 aliphatic heterocycles. The maximum absolute atomic E-state index is 12.8. The van der Waals surface area contributed by atoms with Crippen molar-refractivity contribution in [1.82, 2.24) is 15.5 Å². The van der Waals surface area contributed by atoms with Gasteiger partial charge in [-0.25, -0.2) is 0 Å². The van der Waals surface area contributed by atoms with Crippen LogP contribution in [0.5, 0.6) is 0 Å². The number of ether oxygens (including phenoxy) is 1. The van der Waals surface area contributed by atoms with Crippen LogP contribution >= 0.6 is 0 Å². The zero-order chi connectivity index (χ0) is 16.0. The fourth-order valence-corrected chi connectivity index (χ4v) is 3.73. The minimum absolute atomic E-state index is 0.207. The van der Waals surface area contributed by atoms with Gasteiger partial charge < -0.3 is 20.3 Å². The Kier molecular flexibility index (Phi) is 6.66. The molecule has 0 aromatic rings. The minimum Gasteiger partial charge on any atom is -0.384 e. The summed E-state index contributed by atoms with van der Waals surface area (Å²) >= 11 is 0. The Morgan fingerprint density at radius 1 is 1.32 bits per heavy atom. The Morgan fingerprint density at radius 3 is 2.50 bits per heavy atom. The van der Waals surface area contributed by atoms with E-state index in [0.717, 1.165) is 51.9 Å². The van der Waals surface area contributed by atoms with Gasteiger partial charge >= 0.3 is 0 Å². The first-order chi connectivity index (χ1) is 10.6. The molecule has 0 aromatic heterocycles. The van der Waals surface area contributed by atoms with Gasteiger partial charge in [0.05, 0.1) is 12.0 Å². The first-order valence-electron chi connectivity index (χ1n) is 8.79. The highest BCUT2D eigenvalue weighted by molar-refractivity contribution is 5.83. The van der Waals surface area contributed by atoms with Crippen molar-refractivity contribution in [3.05, 3.63) is 0 Å². The third-order valence-electron chi connectivity index (χ3n) is 5.01. The highest BCUT2D eigenvalue weighted by atomic mass is 16.5. The lowest BCUT2D eigenvalue weighted by atomic mass is 9.78. The van der Waals surface area contributed by atoms with Crippen molar-refractivity contribution in [2.75, 3.05) is 46.4 Å². The smallest absolute Gasteiger partial charge is 0.228 e. The van der Waals surface area contributed by atoms with Crippen LogP contribution in [0.4, 0.5) is 0 Å². The summed E-state index contributed by atoms with van der Waals surface area (Å²) in [6.45, 7) is 10.2. The van der Waals surface area contributed by atoms with Crippen molar-refractivity contribution in [2.45, 2.75) is 45.6 Å². The maximum Gasteiger partial charge on any atom is 0.228 e. The van der Waals surface area contributed by atoms with Crippen molar-refractivity contribution in [3.8, 4) is 0 Å². The van der Waals surface area contributed by atoms with E-state index in [1.807, 2.05) is 0 Å². The topological polar surface area (TPSA) is 53.6 Å². The number of hydrogen-bond acceptors (Lipinski definition) is 4. The molecule has 2 rings (SSSR count). The van der Waals surface area contributed by atoms with Gasteiger partial charge in [0.2, 0.25) is 5.91 Å². The van der Waals surface area contributed by atoms with Crippen molar-refractivity contribution >= 4 is 5.91 Å². The second kappa shape index (κ2) is 8.27. The molecule has 2 fully saturated rings. The van der Waals surface area contributed by atoms with Gasteiger partial charge in [-0.1, -0.05) is 13.8 Å². The van der Waals surface area contributed by atoms with E-state index in [9.17, 15) is 4.79 Å². The molecule has 2 heterocycles. The number of carbonyl (C=O) groups excluding carboxylic acids is 1. The van der Waals surface area contributed by atoms with Crippen LogP contribution in [0.25, 0.3) is 0 Å². The highest BCUT2D eigenvalue weighted by Crippen LogP contribution is 2.30. The standard InChI is InChI=1S/C17H33N3O2/c1-14(2)12-20-10-4-15(5-11-20)19-16(21)17(13-22-3)6-8-18-9-7-17/h14-15,18H,4-13H2,1-3H3,(H,19,21). The fourth-order valence-electron chi connectivity index (χ4n) is 3.73. The second-order valence-electron chi connectivity index (χ2n) is 7.41. The third kappa shape index (κ3) is 4.67. The third-order valence-corrected chi connectivity index (χ3v) is 5.01. The summed E-state index contributed by atoms with van der Waals surface area (Å²) < 4.78 is 5.36. The Balaban J connectivity index is 1.83. The van der Waals surface area contributed by atoms with Gasteiger partial charge in [-0.2, -0.15) is 0 Å². The molecule has 2 aliphatic rings. The Bertz CT molecular complexity index is 340. The minimum atomic E-state index is -0.324. The number of piperidine rings is 2. The summed E-state index contributed by atoms with van der Waals surface area (Å²) in [5.41, 5.74) is -0.324. The highest BCUT2D eigenvalue weighted by Gasteiger charge is 2.40. The lowest BCUT2D eigenvalue weighted by molar-refractivity contribution is -0.137. The molecule has 128 valence electrons. The van der Waals surface area contributed by atoms with Gasteiger partial charge in [-0.15, -0.1) is 0 Å². The molecule has 5 nitrogen and oxygen atoms in total. The largest absolute Gasteiger partial charge is 0.384 e. The van der Waals surface area contributed by atoms with E-state index in [2.05, 4.69) is 29.4 Å². The number of carbonyl (C=O) groups is 1. The van der Waals surface area contributed by atoms with Crippen LogP contribution in [0.2, 0.25) is 0 Å². The zero-order valence-corrected chi connectivity index (χ0v) is 14.5. The summed E-state index contributed by atoms with van der Waals surface area (Å²) in [6.07, 6.45) is 3.89. The van der Waals surface area contributed by atoms with Gasteiger partial charge in [0.15, 0.2) is 0 Å². The number of amides is 1. The molecule has 0 spiro atoms. The van der Waals surface area contributed by atoms with Gasteiger partial charge in [0.25, 0.3) is 0 Å². The molecule has 22 heavy (non-hydrogen) atoms. The molecule has 0 bridgehead atoms. The summed E-state index contributed by atoms with van der Waals surface area (Å²) in [4.78, 5) is 15.3. The maximum atomic E-state index is 12.8. The summed E-state index contributed by atoms with van der Waals surface area (Å²) in [7, 11) is 1.70. The van der Waals surface area contributed by atoms with Crippen LogP contribution in [-0.2, 0) is 9.53 Å². The number of methoxy groups -OCH3 is 1. The summed E-state index contributed by atoms with van der Waals surface area (Å²) in [5, 5.41) is 6.65. The molecular weight excluding hydrogens is 278 g/mol. The Morgan fingerprint density at radius 2 is 1.95 bits per heavy atom. The normalized spacial score (nSPS) is 23.6. The van der Waals surface area contributed by atoms with Crippen LogP contribution in [0.15, 0.2) is 0 Å². The van der Waals surface area contributed by atoms with Crippen LogP contribution in [-0.4, -0.2) is 63.3 Å². The van der Waals surface area contributed by atoms with Crippen molar-refractivity contribution in [3.63, 3.8) is 0 Å². The Hall–Kier alpha value is -0.650. The van der Waals surface area contributed by atoms with Gasteiger partial charge in [0, 0.05) is 32.8 Å². The van der Waals surface area contributed by atoms with Crippen LogP contribution in [0.3, 0.4) is 0 Å². The first kappa shape index (κ1) is 17.7. The van der Waals surface area contributed by atoms with E-state index in [0.29, 0.717) is 18.6 Å². The van der Waals surface area contributed by atoms with Gasteiger partial charge in [0.1, 0.15) is 0 Å². The first-order valence-corrected chi connectivity index (χ1v) is 8.79. The average Bonchev–Trinajstić information content (AvgIpc) is 2.50. The molecule has 2 saturated heterocycles. The fraction of sp³-hybridized carbons (Fsp3) is 0.941. The molecule has 1 amide bonds. The van der Waals surface area contributed by atoms with Crippen LogP contribution in [0.1, 0.15) is 39.5 Å². The number of rotatable bonds is 6. The number of nitrogens with one attached hydrogen (secondary N) is 2. The van der Waals surface area contributed by atoms with E-state index < -0.39 is 0 Å².